The molecule has 1 aromatic rings. The molecule has 1 atom stereocenters. The quantitative estimate of drug-likeness (QED) is 0.831. The number of alkyl halides is 3. The van der Waals surface area contributed by atoms with E-state index < -0.39 is 17.6 Å². The van der Waals surface area contributed by atoms with Gasteiger partial charge in [-0.3, -0.25) is 9.69 Å². The molecule has 0 saturated carbocycles. The number of carbonyl (C=O) groups is 1. The van der Waals surface area contributed by atoms with Gasteiger partial charge in [0.1, 0.15) is 0 Å². The molecule has 0 bridgehead atoms. The van der Waals surface area contributed by atoms with Crippen molar-refractivity contribution in [3.05, 3.63) is 28.8 Å². The summed E-state index contributed by atoms with van der Waals surface area (Å²) in [5.74, 6) is -1.06. The van der Waals surface area contributed by atoms with Crippen LogP contribution in [0.15, 0.2) is 18.2 Å². The number of halogens is 4. The van der Waals surface area contributed by atoms with Gasteiger partial charge in [0.05, 0.1) is 0 Å². The van der Waals surface area contributed by atoms with Gasteiger partial charge in [-0.15, -0.1) is 0 Å². The summed E-state index contributed by atoms with van der Waals surface area (Å²) in [4.78, 5) is 13.5. The van der Waals surface area contributed by atoms with Crippen LogP contribution in [-0.4, -0.2) is 43.2 Å². The summed E-state index contributed by atoms with van der Waals surface area (Å²) in [7, 11) is 0. The number of rotatable bonds is 1. The second kappa shape index (κ2) is 4.86. The first-order valence-electron chi connectivity index (χ1n) is 6.51. The Labute approximate surface area is 124 Å². The van der Waals surface area contributed by atoms with E-state index in [1.165, 1.54) is 23.1 Å². The molecular formula is C13H13ClF3N3O. The van der Waals surface area contributed by atoms with Gasteiger partial charge in [-0.05, 0) is 12.1 Å². The maximum Gasteiger partial charge on any atom is 0.420 e. The van der Waals surface area contributed by atoms with Gasteiger partial charge in [0.15, 0.2) is 0 Å². The van der Waals surface area contributed by atoms with Gasteiger partial charge in [-0.25, -0.2) is 0 Å². The molecule has 8 heteroatoms. The van der Waals surface area contributed by atoms with E-state index in [0.717, 1.165) is 0 Å². The lowest BCUT2D eigenvalue weighted by Gasteiger charge is -2.42. The normalized spacial score (nSPS) is 26.6. The topological polar surface area (TPSA) is 44.4 Å². The highest BCUT2D eigenvalue weighted by atomic mass is 35.5. The van der Waals surface area contributed by atoms with E-state index >= 15 is 0 Å². The maximum atomic E-state index is 13.9. The molecule has 1 fully saturated rings. The molecule has 21 heavy (non-hydrogen) atoms. The molecule has 1 aromatic carbocycles. The Bertz CT molecular complexity index is 587. The molecule has 1 saturated heterocycles. The lowest BCUT2D eigenvalue weighted by atomic mass is 9.87. The molecule has 1 amide bonds. The average molecular weight is 320 g/mol. The molecule has 0 aromatic heterocycles. The first-order valence-corrected chi connectivity index (χ1v) is 6.89. The highest BCUT2D eigenvalue weighted by Gasteiger charge is 2.68. The van der Waals surface area contributed by atoms with Gasteiger partial charge < -0.3 is 10.6 Å². The van der Waals surface area contributed by atoms with Crippen LogP contribution in [0.1, 0.15) is 5.56 Å². The molecule has 2 N–H and O–H groups in total. The van der Waals surface area contributed by atoms with Crippen LogP contribution >= 0.6 is 11.6 Å². The van der Waals surface area contributed by atoms with Crippen LogP contribution in [0.25, 0.3) is 0 Å². The number of hydrogen-bond acceptors (Lipinski definition) is 3. The van der Waals surface area contributed by atoms with Crippen LogP contribution in [0.4, 0.5) is 18.9 Å². The zero-order valence-corrected chi connectivity index (χ0v) is 11.7. The highest BCUT2D eigenvalue weighted by molar-refractivity contribution is 6.31. The van der Waals surface area contributed by atoms with Crippen LogP contribution in [0, 0.1) is 0 Å². The van der Waals surface area contributed by atoms with Crippen LogP contribution < -0.4 is 10.6 Å². The summed E-state index contributed by atoms with van der Waals surface area (Å²) in [5, 5.41) is 5.61. The molecule has 1 unspecified atom stereocenters. The summed E-state index contributed by atoms with van der Waals surface area (Å²) in [6.45, 7) is 1.12. The van der Waals surface area contributed by atoms with Crippen LogP contribution in [0.5, 0.6) is 0 Å². The van der Waals surface area contributed by atoms with Gasteiger partial charge >= 0.3 is 6.18 Å². The van der Waals surface area contributed by atoms with Gasteiger partial charge in [-0.1, -0.05) is 17.7 Å². The van der Waals surface area contributed by atoms with Crippen molar-refractivity contribution >= 4 is 23.2 Å². The van der Waals surface area contributed by atoms with E-state index in [1.807, 2.05) is 0 Å². The molecule has 0 aliphatic carbocycles. The lowest BCUT2D eigenvalue weighted by molar-refractivity contribution is -0.230. The summed E-state index contributed by atoms with van der Waals surface area (Å²) in [6, 6.07) is 4.01. The van der Waals surface area contributed by atoms with E-state index in [-0.39, 0.29) is 29.4 Å². The first-order chi connectivity index (χ1) is 9.87. The fourth-order valence-corrected chi connectivity index (χ4v) is 3.22. The first kappa shape index (κ1) is 14.6. The van der Waals surface area contributed by atoms with E-state index in [0.29, 0.717) is 13.1 Å². The Balaban J connectivity index is 2.19. The zero-order chi connectivity index (χ0) is 15.3. The van der Waals surface area contributed by atoms with Crippen molar-refractivity contribution < 1.29 is 18.0 Å². The van der Waals surface area contributed by atoms with E-state index in [1.54, 1.807) is 0 Å². The van der Waals surface area contributed by atoms with Gasteiger partial charge in [0.25, 0.3) is 5.91 Å². The Morgan fingerprint density at radius 3 is 2.52 bits per heavy atom. The second-order valence-electron chi connectivity index (χ2n) is 5.09. The summed E-state index contributed by atoms with van der Waals surface area (Å²) < 4.78 is 41.6. The molecule has 2 aliphatic rings. The number of benzene rings is 1. The average Bonchev–Trinajstić information content (AvgIpc) is 2.71. The third-order valence-corrected chi connectivity index (χ3v) is 4.18. The van der Waals surface area contributed by atoms with E-state index in [2.05, 4.69) is 10.6 Å². The van der Waals surface area contributed by atoms with Crippen molar-refractivity contribution in [1.82, 2.24) is 10.2 Å². The van der Waals surface area contributed by atoms with E-state index in [4.69, 9.17) is 11.6 Å². The Kier molecular flexibility index (Phi) is 3.38. The number of fused-ring (bicyclic) bond motifs is 1. The number of nitrogens with one attached hydrogen (secondary N) is 2. The number of nitrogens with zero attached hydrogens (tertiary/aromatic N) is 1. The third-order valence-electron chi connectivity index (χ3n) is 3.95. The molecule has 4 nitrogen and oxygen atoms in total. The molecule has 114 valence electrons. The van der Waals surface area contributed by atoms with Crippen molar-refractivity contribution in [3.63, 3.8) is 0 Å². The summed E-state index contributed by atoms with van der Waals surface area (Å²) in [5.41, 5.74) is -2.58. The van der Waals surface area contributed by atoms with Crippen molar-refractivity contribution in [2.75, 3.05) is 31.5 Å². The number of anilines is 1. The standard InChI is InChI=1S/C13H13ClF3N3O/c14-8-1-2-9-10(7-8)19-11(21)12(9,13(15,16)17)20-5-3-18-4-6-20/h1-2,7,18H,3-6H2,(H,19,21). The van der Waals surface area contributed by atoms with Crippen LogP contribution in [0.3, 0.4) is 0 Å². The summed E-state index contributed by atoms with van der Waals surface area (Å²) in [6.07, 6.45) is -4.71. The monoisotopic (exact) mass is 319 g/mol. The largest absolute Gasteiger partial charge is 0.420 e. The molecule has 0 radical (unpaired) electrons. The van der Waals surface area contributed by atoms with Crippen molar-refractivity contribution in [2.24, 2.45) is 0 Å². The zero-order valence-electron chi connectivity index (χ0n) is 10.9. The predicted molar refractivity (Wildman–Crippen MR) is 72.3 cm³/mol. The fraction of sp³-hybridized carbons (Fsp3) is 0.462. The number of piperazine rings is 1. The minimum absolute atomic E-state index is 0.0775. The Hall–Kier alpha value is -1.31. The minimum atomic E-state index is -4.71. The second-order valence-corrected chi connectivity index (χ2v) is 5.53. The number of amides is 1. The smallest absolute Gasteiger partial charge is 0.323 e. The van der Waals surface area contributed by atoms with E-state index in [9.17, 15) is 18.0 Å². The SMILES string of the molecule is O=C1Nc2cc(Cl)ccc2C1(N1CCNCC1)C(F)(F)F. The minimum Gasteiger partial charge on any atom is -0.323 e. The van der Waals surface area contributed by atoms with Crippen LogP contribution in [0.2, 0.25) is 5.02 Å². The number of hydrogen-bond donors (Lipinski definition) is 2. The summed E-state index contributed by atoms with van der Waals surface area (Å²) >= 11 is 5.81. The fourth-order valence-electron chi connectivity index (χ4n) is 3.05. The third kappa shape index (κ3) is 2.03. The molecule has 3 rings (SSSR count). The lowest BCUT2D eigenvalue weighted by Crippen LogP contribution is -2.64. The predicted octanol–water partition coefficient (Wildman–Crippen LogP) is 1.95. The Morgan fingerprint density at radius 2 is 1.90 bits per heavy atom. The molecule has 2 heterocycles. The van der Waals surface area contributed by atoms with Crippen LogP contribution in [-0.2, 0) is 10.3 Å². The molecular weight excluding hydrogens is 307 g/mol. The number of carbonyl (C=O) groups excluding carboxylic acids is 1. The van der Waals surface area contributed by atoms with Crippen molar-refractivity contribution in [1.29, 1.82) is 0 Å². The van der Waals surface area contributed by atoms with Gasteiger partial charge in [0.2, 0.25) is 5.54 Å². The van der Waals surface area contributed by atoms with Crippen molar-refractivity contribution in [3.8, 4) is 0 Å². The molecule has 0 spiro atoms. The van der Waals surface area contributed by atoms with Gasteiger partial charge in [0, 0.05) is 42.5 Å². The van der Waals surface area contributed by atoms with Crippen molar-refractivity contribution in [2.45, 2.75) is 11.7 Å². The van der Waals surface area contributed by atoms with Gasteiger partial charge in [-0.2, -0.15) is 13.2 Å². The Morgan fingerprint density at radius 1 is 1.24 bits per heavy atom. The molecule has 2 aliphatic heterocycles. The maximum absolute atomic E-state index is 13.9. The highest BCUT2D eigenvalue weighted by Crippen LogP contribution is 2.51.